The maximum absolute atomic E-state index is 14.8. The smallest absolute Gasteiger partial charge is 0.336 e. The van der Waals surface area contributed by atoms with Crippen LogP contribution < -0.4 is 22.1 Å². The van der Waals surface area contributed by atoms with E-state index in [-0.39, 0.29) is 34.0 Å². The lowest BCUT2D eigenvalue weighted by Gasteiger charge is -2.20. The van der Waals surface area contributed by atoms with Crippen molar-refractivity contribution in [2.45, 2.75) is 32.7 Å². The molecule has 2 aromatic carbocycles. The van der Waals surface area contributed by atoms with Crippen LogP contribution >= 0.6 is 0 Å². The summed E-state index contributed by atoms with van der Waals surface area (Å²) in [6.45, 7) is 3.36. The van der Waals surface area contributed by atoms with Gasteiger partial charge in [0.1, 0.15) is 17.0 Å². The molecule has 0 bridgehead atoms. The topological polar surface area (TPSA) is 107 Å². The van der Waals surface area contributed by atoms with Crippen molar-refractivity contribution in [2.75, 3.05) is 5.32 Å². The SMILES string of the molecule is Cc1ccc(Nc2c3c(=O)n(C4CC4)c(=O)n(-c4ccc5cn[nH]c5c4)c3c(C)c(=O)n2C)c(F)c1. The van der Waals surface area contributed by atoms with E-state index in [9.17, 15) is 18.8 Å². The van der Waals surface area contributed by atoms with Gasteiger partial charge in [-0.05, 0) is 62.6 Å². The Hall–Kier alpha value is -4.47. The summed E-state index contributed by atoms with van der Waals surface area (Å²) in [5, 5.41) is 10.9. The fourth-order valence-corrected chi connectivity index (χ4v) is 4.77. The van der Waals surface area contributed by atoms with Gasteiger partial charge in [-0.1, -0.05) is 6.07 Å². The first-order chi connectivity index (χ1) is 17.3. The number of hydrogen-bond acceptors (Lipinski definition) is 5. The summed E-state index contributed by atoms with van der Waals surface area (Å²) in [7, 11) is 1.52. The van der Waals surface area contributed by atoms with Crippen molar-refractivity contribution in [1.29, 1.82) is 0 Å². The first kappa shape index (κ1) is 22.0. The fourth-order valence-electron chi connectivity index (χ4n) is 4.77. The Morgan fingerprint density at radius 2 is 1.83 bits per heavy atom. The van der Waals surface area contributed by atoms with Crippen LogP contribution in [-0.4, -0.2) is 23.9 Å². The number of H-pyrrole nitrogens is 1. The Morgan fingerprint density at radius 1 is 1.06 bits per heavy atom. The van der Waals surface area contributed by atoms with Crippen LogP contribution in [0.3, 0.4) is 0 Å². The molecule has 0 atom stereocenters. The van der Waals surface area contributed by atoms with Crippen LogP contribution in [0.4, 0.5) is 15.9 Å². The van der Waals surface area contributed by atoms with E-state index in [4.69, 9.17) is 0 Å². The van der Waals surface area contributed by atoms with Gasteiger partial charge in [0.25, 0.3) is 11.1 Å². The van der Waals surface area contributed by atoms with Crippen molar-refractivity contribution in [1.82, 2.24) is 23.9 Å². The van der Waals surface area contributed by atoms with Crippen molar-refractivity contribution >= 4 is 33.3 Å². The van der Waals surface area contributed by atoms with E-state index < -0.39 is 22.6 Å². The Kier molecular flexibility index (Phi) is 4.75. The molecular weight excluding hydrogens is 463 g/mol. The summed E-state index contributed by atoms with van der Waals surface area (Å²) in [5.74, 6) is -0.393. The van der Waals surface area contributed by atoms with Crippen LogP contribution in [0.25, 0.3) is 27.5 Å². The number of fused-ring (bicyclic) bond motifs is 2. The lowest BCUT2D eigenvalue weighted by Crippen LogP contribution is -2.41. The number of aromatic nitrogens is 5. The maximum Gasteiger partial charge on any atom is 0.336 e. The second-order valence-electron chi connectivity index (χ2n) is 9.34. The lowest BCUT2D eigenvalue weighted by molar-refractivity contribution is 0.630. The molecule has 3 aromatic heterocycles. The van der Waals surface area contributed by atoms with E-state index in [1.54, 1.807) is 44.3 Å². The highest BCUT2D eigenvalue weighted by Gasteiger charge is 2.31. The molecule has 1 aliphatic carbocycles. The van der Waals surface area contributed by atoms with E-state index in [0.29, 0.717) is 24.0 Å². The molecule has 10 heteroatoms. The first-order valence-electron chi connectivity index (χ1n) is 11.6. The van der Waals surface area contributed by atoms with Gasteiger partial charge in [-0.25, -0.2) is 9.18 Å². The highest BCUT2D eigenvalue weighted by molar-refractivity contribution is 5.94. The van der Waals surface area contributed by atoms with Crippen LogP contribution in [0.1, 0.15) is 30.0 Å². The number of aromatic amines is 1. The van der Waals surface area contributed by atoms with E-state index in [0.717, 1.165) is 10.9 Å². The largest absolute Gasteiger partial charge is 0.338 e. The summed E-state index contributed by atoms with van der Waals surface area (Å²) in [6.07, 6.45) is 3.09. The number of rotatable bonds is 4. The molecule has 1 saturated carbocycles. The van der Waals surface area contributed by atoms with Gasteiger partial charge in [0.15, 0.2) is 0 Å². The molecule has 5 aromatic rings. The van der Waals surface area contributed by atoms with Gasteiger partial charge in [-0.3, -0.25) is 28.4 Å². The highest BCUT2D eigenvalue weighted by atomic mass is 19.1. The molecule has 1 fully saturated rings. The van der Waals surface area contributed by atoms with Crippen molar-refractivity contribution in [3.8, 4) is 5.69 Å². The van der Waals surface area contributed by atoms with Gasteiger partial charge in [-0.2, -0.15) is 5.10 Å². The summed E-state index contributed by atoms with van der Waals surface area (Å²) in [6, 6.07) is 9.77. The second-order valence-corrected chi connectivity index (χ2v) is 9.34. The Labute approximate surface area is 203 Å². The number of hydrogen-bond donors (Lipinski definition) is 2. The van der Waals surface area contributed by atoms with Gasteiger partial charge in [-0.15, -0.1) is 0 Å². The van der Waals surface area contributed by atoms with Gasteiger partial charge < -0.3 is 5.32 Å². The van der Waals surface area contributed by atoms with Crippen LogP contribution in [0.5, 0.6) is 0 Å². The summed E-state index contributed by atoms with van der Waals surface area (Å²) < 4.78 is 18.7. The first-order valence-corrected chi connectivity index (χ1v) is 11.6. The van der Waals surface area contributed by atoms with Crippen molar-refractivity contribution in [2.24, 2.45) is 7.05 Å². The molecule has 0 spiro atoms. The minimum atomic E-state index is -0.517. The monoisotopic (exact) mass is 486 g/mol. The van der Waals surface area contributed by atoms with E-state index in [1.807, 2.05) is 6.07 Å². The molecular formula is C26H23FN6O3. The van der Waals surface area contributed by atoms with E-state index in [1.165, 1.54) is 26.8 Å². The minimum Gasteiger partial charge on any atom is -0.338 e. The fraction of sp³-hybridized carbons (Fsp3) is 0.231. The number of halogens is 1. The number of benzene rings is 2. The summed E-state index contributed by atoms with van der Waals surface area (Å²) in [4.78, 5) is 40.9. The predicted molar refractivity (Wildman–Crippen MR) is 136 cm³/mol. The Morgan fingerprint density at radius 3 is 2.56 bits per heavy atom. The molecule has 0 amide bonds. The van der Waals surface area contributed by atoms with Crippen LogP contribution in [0, 0.1) is 19.7 Å². The van der Waals surface area contributed by atoms with E-state index >= 15 is 0 Å². The Balaban J connectivity index is 1.76. The predicted octanol–water partition coefficient (Wildman–Crippen LogP) is 3.56. The number of nitrogens with one attached hydrogen (secondary N) is 2. The molecule has 3 heterocycles. The number of pyridine rings is 1. The van der Waals surface area contributed by atoms with Gasteiger partial charge >= 0.3 is 5.69 Å². The lowest BCUT2D eigenvalue weighted by atomic mass is 10.1. The average Bonchev–Trinajstić information content (AvgIpc) is 3.57. The van der Waals surface area contributed by atoms with Crippen molar-refractivity contribution in [3.63, 3.8) is 0 Å². The van der Waals surface area contributed by atoms with Crippen LogP contribution in [0.15, 0.2) is 57.0 Å². The van der Waals surface area contributed by atoms with Gasteiger partial charge in [0.2, 0.25) is 0 Å². The third-order valence-electron chi connectivity index (χ3n) is 6.82. The quantitative estimate of drug-likeness (QED) is 0.404. The van der Waals surface area contributed by atoms with Crippen LogP contribution in [0.2, 0.25) is 0 Å². The summed E-state index contributed by atoms with van der Waals surface area (Å²) >= 11 is 0. The van der Waals surface area contributed by atoms with Crippen molar-refractivity contribution in [3.05, 3.63) is 90.7 Å². The van der Waals surface area contributed by atoms with Gasteiger partial charge in [0, 0.05) is 24.0 Å². The van der Waals surface area contributed by atoms with E-state index in [2.05, 4.69) is 15.5 Å². The minimum absolute atomic E-state index is 0.120. The third-order valence-corrected chi connectivity index (χ3v) is 6.82. The molecule has 0 aliphatic heterocycles. The van der Waals surface area contributed by atoms with Crippen molar-refractivity contribution < 1.29 is 4.39 Å². The molecule has 1 aliphatic rings. The average molecular weight is 487 g/mol. The highest BCUT2D eigenvalue weighted by Crippen LogP contribution is 2.34. The molecule has 36 heavy (non-hydrogen) atoms. The van der Waals surface area contributed by atoms with Gasteiger partial charge in [0.05, 0.1) is 28.6 Å². The molecule has 9 nitrogen and oxygen atoms in total. The zero-order chi connectivity index (χ0) is 25.3. The number of nitrogens with zero attached hydrogens (tertiary/aromatic N) is 4. The molecule has 6 rings (SSSR count). The normalized spacial score (nSPS) is 13.6. The maximum atomic E-state index is 14.8. The zero-order valence-electron chi connectivity index (χ0n) is 19.9. The zero-order valence-corrected chi connectivity index (χ0v) is 19.9. The molecule has 0 saturated heterocycles. The molecule has 182 valence electrons. The third kappa shape index (κ3) is 3.21. The molecule has 0 unspecified atom stereocenters. The molecule has 2 N–H and O–H groups in total. The molecule has 0 radical (unpaired) electrons. The van der Waals surface area contributed by atoms with Crippen LogP contribution in [-0.2, 0) is 7.05 Å². The second kappa shape index (κ2) is 7.77. The standard InChI is InChI=1S/C26H23FN6O3/c1-13-4-9-19(18(27)10-13)29-23-21-22(14(2)24(34)31(23)3)32(26(36)33(25(21)35)16-7-8-16)17-6-5-15-12-28-30-20(15)11-17/h4-6,9-12,16,29H,7-8H2,1-3H3,(H,28,30). The summed E-state index contributed by atoms with van der Waals surface area (Å²) in [5.41, 5.74) is 1.05. The Bertz CT molecular complexity index is 1890. The number of anilines is 2. The number of aryl methyl sites for hydroxylation is 2.